The lowest BCUT2D eigenvalue weighted by molar-refractivity contribution is 0.195. The van der Waals surface area contributed by atoms with E-state index >= 15 is 0 Å². The highest BCUT2D eigenvalue weighted by Gasteiger charge is 2.16. The molecular weight excluding hydrogens is 215 g/mol. The fourth-order valence-electron chi connectivity index (χ4n) is 1.22. The second-order valence-corrected chi connectivity index (χ2v) is 5.16. The minimum atomic E-state index is -1.30. The van der Waals surface area contributed by atoms with Crippen LogP contribution in [0.15, 0.2) is 29.2 Å². The molecule has 0 fully saturated rings. The molecule has 4 heteroatoms. The van der Waals surface area contributed by atoms with Gasteiger partial charge < -0.3 is 4.74 Å². The first-order valence-electron chi connectivity index (χ1n) is 4.81. The van der Waals surface area contributed by atoms with Gasteiger partial charge in [0.2, 0.25) is 0 Å². The number of hydrogen-bond donors (Lipinski definition) is 0. The van der Waals surface area contributed by atoms with E-state index in [1.165, 1.54) is 6.07 Å². The first-order chi connectivity index (χ1) is 7.16. The summed E-state index contributed by atoms with van der Waals surface area (Å²) in [4.78, 5) is 0.279. The number of rotatable bonds is 5. The molecule has 0 saturated heterocycles. The van der Waals surface area contributed by atoms with Crippen molar-refractivity contribution in [3.05, 3.63) is 30.1 Å². The van der Waals surface area contributed by atoms with Crippen LogP contribution in [0, 0.1) is 5.82 Å². The van der Waals surface area contributed by atoms with Crippen molar-refractivity contribution in [2.75, 3.05) is 13.7 Å². The molecule has 0 amide bonds. The molecule has 1 aromatic rings. The molecule has 0 bridgehead atoms. The Morgan fingerprint density at radius 3 is 2.73 bits per heavy atom. The standard InChI is InChI=1S/C11H15FO2S/c1-9(7-8-14-2)15(13)11-6-4-3-5-10(11)12/h3-6,9H,7-8H2,1-2H3. The lowest BCUT2D eigenvalue weighted by Gasteiger charge is -2.11. The topological polar surface area (TPSA) is 26.3 Å². The van der Waals surface area contributed by atoms with Crippen LogP contribution >= 0.6 is 0 Å². The number of methoxy groups -OCH3 is 1. The quantitative estimate of drug-likeness (QED) is 0.776. The fraction of sp³-hybridized carbons (Fsp3) is 0.455. The van der Waals surface area contributed by atoms with E-state index in [9.17, 15) is 8.60 Å². The molecule has 0 aliphatic rings. The van der Waals surface area contributed by atoms with Gasteiger partial charge in [-0.25, -0.2) is 4.39 Å². The Kier molecular flexibility index (Phi) is 4.91. The van der Waals surface area contributed by atoms with Crippen molar-refractivity contribution in [1.29, 1.82) is 0 Å². The van der Waals surface area contributed by atoms with Crippen LogP contribution in [-0.2, 0) is 15.5 Å². The Balaban J connectivity index is 2.72. The third-order valence-electron chi connectivity index (χ3n) is 2.15. The third kappa shape index (κ3) is 3.39. The Hall–Kier alpha value is -0.740. The molecule has 0 heterocycles. The molecule has 0 spiro atoms. The van der Waals surface area contributed by atoms with Crippen molar-refractivity contribution in [3.8, 4) is 0 Å². The molecule has 15 heavy (non-hydrogen) atoms. The predicted molar refractivity (Wildman–Crippen MR) is 58.8 cm³/mol. The van der Waals surface area contributed by atoms with Crippen LogP contribution in [0.25, 0.3) is 0 Å². The largest absolute Gasteiger partial charge is 0.385 e. The summed E-state index contributed by atoms with van der Waals surface area (Å²) in [5, 5.41) is -0.0955. The molecule has 1 rings (SSSR count). The fourth-order valence-corrected chi connectivity index (χ4v) is 2.43. The molecule has 0 aromatic heterocycles. The van der Waals surface area contributed by atoms with Gasteiger partial charge in [0.15, 0.2) is 0 Å². The first-order valence-corrected chi connectivity index (χ1v) is 6.02. The first kappa shape index (κ1) is 12.3. The molecule has 0 radical (unpaired) electrons. The summed E-state index contributed by atoms with van der Waals surface area (Å²) in [5.41, 5.74) is 0. The predicted octanol–water partition coefficient (Wildman–Crippen LogP) is 2.36. The molecule has 2 atom stereocenters. The van der Waals surface area contributed by atoms with E-state index in [2.05, 4.69) is 0 Å². The van der Waals surface area contributed by atoms with E-state index in [-0.39, 0.29) is 10.1 Å². The molecule has 0 aliphatic carbocycles. The van der Waals surface area contributed by atoms with Gasteiger partial charge in [0.05, 0.1) is 15.7 Å². The summed E-state index contributed by atoms with van der Waals surface area (Å²) in [5.74, 6) is -0.403. The zero-order chi connectivity index (χ0) is 11.3. The van der Waals surface area contributed by atoms with Gasteiger partial charge in [-0.3, -0.25) is 4.21 Å². The van der Waals surface area contributed by atoms with Crippen molar-refractivity contribution >= 4 is 10.8 Å². The summed E-state index contributed by atoms with van der Waals surface area (Å²) < 4.78 is 30.1. The van der Waals surface area contributed by atoms with Crippen molar-refractivity contribution in [2.45, 2.75) is 23.5 Å². The van der Waals surface area contributed by atoms with Crippen LogP contribution in [0.4, 0.5) is 4.39 Å². The average Bonchev–Trinajstić information content (AvgIpc) is 2.25. The van der Waals surface area contributed by atoms with Crippen molar-refractivity contribution in [3.63, 3.8) is 0 Å². The number of halogens is 1. The second kappa shape index (κ2) is 5.98. The molecule has 0 N–H and O–H groups in total. The maximum Gasteiger partial charge on any atom is 0.139 e. The van der Waals surface area contributed by atoms with Gasteiger partial charge in [-0.2, -0.15) is 0 Å². The Morgan fingerprint density at radius 2 is 2.13 bits per heavy atom. The van der Waals surface area contributed by atoms with E-state index in [0.29, 0.717) is 13.0 Å². The van der Waals surface area contributed by atoms with Crippen LogP contribution in [0.3, 0.4) is 0 Å². The van der Waals surface area contributed by atoms with Gasteiger partial charge in [0.1, 0.15) is 5.82 Å². The zero-order valence-corrected chi connectivity index (χ0v) is 9.72. The van der Waals surface area contributed by atoms with Gasteiger partial charge in [-0.05, 0) is 18.6 Å². The monoisotopic (exact) mass is 230 g/mol. The number of benzene rings is 1. The molecule has 0 saturated carbocycles. The zero-order valence-electron chi connectivity index (χ0n) is 8.90. The van der Waals surface area contributed by atoms with Crippen LogP contribution in [0.1, 0.15) is 13.3 Å². The molecule has 2 unspecified atom stereocenters. The number of ether oxygens (including phenoxy) is 1. The summed E-state index contributed by atoms with van der Waals surface area (Å²) in [6, 6.07) is 6.18. The molecule has 2 nitrogen and oxygen atoms in total. The highest BCUT2D eigenvalue weighted by molar-refractivity contribution is 7.85. The van der Waals surface area contributed by atoms with Gasteiger partial charge in [-0.1, -0.05) is 19.1 Å². The molecule has 0 aliphatic heterocycles. The van der Waals surface area contributed by atoms with E-state index in [1.54, 1.807) is 25.3 Å². The highest BCUT2D eigenvalue weighted by Crippen LogP contribution is 2.16. The highest BCUT2D eigenvalue weighted by atomic mass is 32.2. The Labute approximate surface area is 91.9 Å². The maximum atomic E-state index is 13.3. The summed E-state index contributed by atoms with van der Waals surface area (Å²) >= 11 is 0. The van der Waals surface area contributed by atoms with Gasteiger partial charge in [0, 0.05) is 19.0 Å². The Bertz CT molecular complexity index is 341. The van der Waals surface area contributed by atoms with E-state index < -0.39 is 16.6 Å². The van der Waals surface area contributed by atoms with Gasteiger partial charge >= 0.3 is 0 Å². The summed E-state index contributed by atoms with van der Waals surface area (Å²) in [6.45, 7) is 2.38. The van der Waals surface area contributed by atoms with Crippen LogP contribution < -0.4 is 0 Å². The van der Waals surface area contributed by atoms with Crippen molar-refractivity contribution in [1.82, 2.24) is 0 Å². The summed E-state index contributed by atoms with van der Waals surface area (Å²) in [6.07, 6.45) is 0.664. The van der Waals surface area contributed by atoms with Crippen LogP contribution in [0.2, 0.25) is 0 Å². The van der Waals surface area contributed by atoms with E-state index in [1.807, 2.05) is 6.92 Å². The second-order valence-electron chi connectivity index (χ2n) is 3.32. The van der Waals surface area contributed by atoms with Crippen LogP contribution in [-0.4, -0.2) is 23.2 Å². The lowest BCUT2D eigenvalue weighted by Crippen LogP contribution is -2.14. The SMILES string of the molecule is COCCC(C)S(=O)c1ccccc1F. The minimum absolute atomic E-state index is 0.0955. The van der Waals surface area contributed by atoms with E-state index in [4.69, 9.17) is 4.74 Å². The number of hydrogen-bond acceptors (Lipinski definition) is 2. The van der Waals surface area contributed by atoms with Gasteiger partial charge in [0.25, 0.3) is 0 Å². The van der Waals surface area contributed by atoms with Crippen LogP contribution in [0.5, 0.6) is 0 Å². The lowest BCUT2D eigenvalue weighted by atomic mass is 10.3. The molecule has 84 valence electrons. The average molecular weight is 230 g/mol. The normalized spacial score (nSPS) is 14.9. The maximum absolute atomic E-state index is 13.3. The van der Waals surface area contributed by atoms with E-state index in [0.717, 1.165) is 0 Å². The molecular formula is C11H15FO2S. The summed E-state index contributed by atoms with van der Waals surface area (Å²) in [7, 11) is 0.300. The third-order valence-corrected chi connectivity index (χ3v) is 3.88. The smallest absolute Gasteiger partial charge is 0.139 e. The Morgan fingerprint density at radius 1 is 1.47 bits per heavy atom. The van der Waals surface area contributed by atoms with Crippen molar-refractivity contribution < 1.29 is 13.3 Å². The molecule has 1 aromatic carbocycles. The van der Waals surface area contributed by atoms with Crippen molar-refractivity contribution in [2.24, 2.45) is 0 Å². The minimum Gasteiger partial charge on any atom is -0.385 e. The van der Waals surface area contributed by atoms with Gasteiger partial charge in [-0.15, -0.1) is 0 Å².